The molecule has 1 amide bonds. The lowest BCUT2D eigenvalue weighted by atomic mass is 10.1. The lowest BCUT2D eigenvalue weighted by molar-refractivity contribution is -0.131. The molecule has 2 N–H and O–H groups in total. The number of thioether (sulfide) groups is 2. The maximum absolute atomic E-state index is 12.1. The van der Waals surface area contributed by atoms with Gasteiger partial charge in [0.2, 0.25) is 5.91 Å². The molecule has 3 nitrogen and oxygen atoms in total. The van der Waals surface area contributed by atoms with Gasteiger partial charge in [0, 0.05) is 36.4 Å². The Labute approximate surface area is 112 Å². The third-order valence-electron chi connectivity index (χ3n) is 2.86. The molecular weight excluding hydrogens is 264 g/mol. The van der Waals surface area contributed by atoms with Crippen LogP contribution in [0, 0.1) is 0 Å². The molecule has 0 aliphatic carbocycles. The number of halogens is 1. The van der Waals surface area contributed by atoms with Gasteiger partial charge in [-0.05, 0) is 12.8 Å². The Hall–Kier alpha value is 0.420. The highest BCUT2D eigenvalue weighted by Crippen LogP contribution is 2.26. The van der Waals surface area contributed by atoms with Crippen molar-refractivity contribution in [3.63, 3.8) is 0 Å². The van der Waals surface area contributed by atoms with Crippen molar-refractivity contribution in [2.45, 2.75) is 24.1 Å². The van der Waals surface area contributed by atoms with E-state index in [1.165, 1.54) is 5.75 Å². The SMILES string of the molecule is Cl.N[C@@H]1CCCN(C(=O)C2CSCCS2)C1. The zero-order valence-corrected chi connectivity index (χ0v) is 11.7. The van der Waals surface area contributed by atoms with E-state index in [2.05, 4.69) is 0 Å². The fourth-order valence-electron chi connectivity index (χ4n) is 2.04. The number of hydrogen-bond acceptors (Lipinski definition) is 4. The topological polar surface area (TPSA) is 46.3 Å². The van der Waals surface area contributed by atoms with E-state index in [-0.39, 0.29) is 23.7 Å². The van der Waals surface area contributed by atoms with Crippen LogP contribution in [0.3, 0.4) is 0 Å². The number of hydrogen-bond donors (Lipinski definition) is 1. The summed E-state index contributed by atoms with van der Waals surface area (Å²) in [5, 5.41) is 0.189. The molecule has 2 rings (SSSR count). The summed E-state index contributed by atoms with van der Waals surface area (Å²) in [6, 6.07) is 0.198. The van der Waals surface area contributed by atoms with Gasteiger partial charge in [-0.15, -0.1) is 24.2 Å². The molecular formula is C10H19ClN2OS2. The van der Waals surface area contributed by atoms with E-state index in [0.29, 0.717) is 5.91 Å². The Morgan fingerprint density at radius 1 is 1.38 bits per heavy atom. The highest BCUT2D eigenvalue weighted by Gasteiger charge is 2.29. The van der Waals surface area contributed by atoms with E-state index in [0.717, 1.165) is 37.4 Å². The molecule has 2 saturated heterocycles. The van der Waals surface area contributed by atoms with Crippen LogP contribution < -0.4 is 5.73 Å². The average Bonchev–Trinajstić information content (AvgIpc) is 2.29. The maximum Gasteiger partial charge on any atom is 0.236 e. The second-order valence-electron chi connectivity index (χ2n) is 4.12. The van der Waals surface area contributed by atoms with Crippen molar-refractivity contribution < 1.29 is 4.79 Å². The fraction of sp³-hybridized carbons (Fsp3) is 0.900. The van der Waals surface area contributed by atoms with Gasteiger partial charge in [-0.25, -0.2) is 0 Å². The summed E-state index contributed by atoms with van der Waals surface area (Å²) in [4.78, 5) is 14.1. The summed E-state index contributed by atoms with van der Waals surface area (Å²) in [5.41, 5.74) is 5.89. The average molecular weight is 283 g/mol. The van der Waals surface area contributed by atoms with Gasteiger partial charge in [-0.3, -0.25) is 4.79 Å². The highest BCUT2D eigenvalue weighted by molar-refractivity contribution is 8.07. The molecule has 0 saturated carbocycles. The summed E-state index contributed by atoms with van der Waals surface area (Å²) in [5.74, 6) is 3.60. The predicted molar refractivity (Wildman–Crippen MR) is 74.6 cm³/mol. The molecule has 1 unspecified atom stereocenters. The lowest BCUT2D eigenvalue weighted by Gasteiger charge is -2.34. The van der Waals surface area contributed by atoms with Crippen molar-refractivity contribution in [2.75, 3.05) is 30.3 Å². The zero-order chi connectivity index (χ0) is 10.7. The Morgan fingerprint density at radius 3 is 2.81 bits per heavy atom. The summed E-state index contributed by atoms with van der Waals surface area (Å²) in [6.45, 7) is 1.68. The number of amides is 1. The molecule has 0 aromatic carbocycles. The van der Waals surface area contributed by atoms with Gasteiger partial charge in [0.1, 0.15) is 0 Å². The minimum atomic E-state index is 0. The molecule has 0 aromatic heterocycles. The first-order valence-corrected chi connectivity index (χ1v) is 7.71. The van der Waals surface area contributed by atoms with Crippen LogP contribution >= 0.6 is 35.9 Å². The monoisotopic (exact) mass is 282 g/mol. The lowest BCUT2D eigenvalue weighted by Crippen LogP contribution is -2.49. The highest BCUT2D eigenvalue weighted by atomic mass is 35.5. The van der Waals surface area contributed by atoms with Crippen LogP contribution in [0.1, 0.15) is 12.8 Å². The summed E-state index contributed by atoms with van der Waals surface area (Å²) >= 11 is 3.71. The van der Waals surface area contributed by atoms with Crippen LogP contribution in [0.2, 0.25) is 0 Å². The molecule has 2 aliphatic rings. The normalized spacial score (nSPS) is 30.7. The minimum Gasteiger partial charge on any atom is -0.340 e. The number of nitrogens with two attached hydrogens (primary N) is 1. The summed E-state index contributed by atoms with van der Waals surface area (Å²) in [7, 11) is 0. The first-order valence-electron chi connectivity index (χ1n) is 5.51. The van der Waals surface area contributed by atoms with E-state index >= 15 is 0 Å². The Morgan fingerprint density at radius 2 is 2.19 bits per heavy atom. The minimum absolute atomic E-state index is 0. The molecule has 2 aliphatic heterocycles. The molecule has 0 aromatic rings. The van der Waals surface area contributed by atoms with Crippen LogP contribution in [-0.4, -0.2) is 52.4 Å². The second-order valence-corrected chi connectivity index (χ2v) is 6.58. The number of carbonyl (C=O) groups excluding carboxylic acids is 1. The summed E-state index contributed by atoms with van der Waals surface area (Å²) < 4.78 is 0. The maximum atomic E-state index is 12.1. The van der Waals surface area contributed by atoms with Gasteiger partial charge < -0.3 is 10.6 Å². The van der Waals surface area contributed by atoms with Crippen LogP contribution in [-0.2, 0) is 4.79 Å². The second kappa shape index (κ2) is 6.99. The van der Waals surface area contributed by atoms with Gasteiger partial charge >= 0.3 is 0 Å². The number of piperidine rings is 1. The van der Waals surface area contributed by atoms with Gasteiger partial charge in [-0.1, -0.05) is 0 Å². The van der Waals surface area contributed by atoms with Crippen molar-refractivity contribution in [3.05, 3.63) is 0 Å². The third-order valence-corrected chi connectivity index (χ3v) is 5.60. The predicted octanol–water partition coefficient (Wildman–Crippen LogP) is 1.21. The molecule has 6 heteroatoms. The van der Waals surface area contributed by atoms with Crippen molar-refractivity contribution in [1.82, 2.24) is 4.90 Å². The van der Waals surface area contributed by atoms with Gasteiger partial charge in [0.05, 0.1) is 5.25 Å². The van der Waals surface area contributed by atoms with E-state index in [9.17, 15) is 4.79 Å². The van der Waals surface area contributed by atoms with Crippen LogP contribution in [0.15, 0.2) is 0 Å². The summed E-state index contributed by atoms with van der Waals surface area (Å²) in [6.07, 6.45) is 2.13. The Kier molecular flexibility index (Phi) is 6.32. The number of nitrogens with zero attached hydrogens (tertiary/aromatic N) is 1. The van der Waals surface area contributed by atoms with Crippen molar-refractivity contribution in [1.29, 1.82) is 0 Å². The van der Waals surface area contributed by atoms with Gasteiger partial charge in [-0.2, -0.15) is 11.8 Å². The first-order chi connectivity index (χ1) is 7.27. The molecule has 0 radical (unpaired) electrons. The molecule has 2 fully saturated rings. The molecule has 2 atom stereocenters. The number of carbonyl (C=O) groups is 1. The van der Waals surface area contributed by atoms with E-state index in [4.69, 9.17) is 5.73 Å². The van der Waals surface area contributed by atoms with Gasteiger partial charge in [0.25, 0.3) is 0 Å². The van der Waals surface area contributed by atoms with E-state index in [1.807, 2.05) is 28.4 Å². The third kappa shape index (κ3) is 3.72. The van der Waals surface area contributed by atoms with Crippen LogP contribution in [0.25, 0.3) is 0 Å². The van der Waals surface area contributed by atoms with Crippen molar-refractivity contribution in [2.24, 2.45) is 5.73 Å². The molecule has 0 spiro atoms. The van der Waals surface area contributed by atoms with E-state index < -0.39 is 0 Å². The molecule has 94 valence electrons. The standard InChI is InChI=1S/C10H18N2OS2.ClH/c11-8-2-1-3-12(6-8)10(13)9-7-14-4-5-15-9;/h8-9H,1-7,11H2;1H/t8-,9?;/m1./s1. The molecule has 0 bridgehead atoms. The van der Waals surface area contributed by atoms with E-state index in [1.54, 1.807) is 0 Å². The Bertz CT molecular complexity index is 237. The first kappa shape index (κ1) is 14.5. The zero-order valence-electron chi connectivity index (χ0n) is 9.26. The molecule has 2 heterocycles. The smallest absolute Gasteiger partial charge is 0.236 e. The number of rotatable bonds is 1. The molecule has 16 heavy (non-hydrogen) atoms. The fourth-order valence-corrected chi connectivity index (χ4v) is 4.67. The van der Waals surface area contributed by atoms with Crippen LogP contribution in [0.5, 0.6) is 0 Å². The van der Waals surface area contributed by atoms with Crippen LogP contribution in [0.4, 0.5) is 0 Å². The van der Waals surface area contributed by atoms with Crippen molar-refractivity contribution in [3.8, 4) is 0 Å². The largest absolute Gasteiger partial charge is 0.340 e. The quantitative estimate of drug-likeness (QED) is 0.785. The number of likely N-dealkylation sites (tertiary alicyclic amines) is 1. The van der Waals surface area contributed by atoms with Gasteiger partial charge in [0.15, 0.2) is 0 Å². The Balaban J connectivity index is 0.00000128. The van der Waals surface area contributed by atoms with Crippen molar-refractivity contribution >= 4 is 41.8 Å².